The molecule has 0 aliphatic carbocycles. The van der Waals surface area contributed by atoms with Crippen LogP contribution in [0.25, 0.3) is 0 Å². The van der Waals surface area contributed by atoms with Gasteiger partial charge in [-0.3, -0.25) is 0 Å². The highest BCUT2D eigenvalue weighted by Crippen LogP contribution is 2.18. The van der Waals surface area contributed by atoms with E-state index in [4.69, 9.17) is 4.42 Å². The van der Waals surface area contributed by atoms with Gasteiger partial charge in [0.2, 0.25) is 0 Å². The quantitative estimate of drug-likeness (QED) is 0.820. The molecule has 96 valence electrons. The zero-order chi connectivity index (χ0) is 12.8. The molecule has 0 fully saturated rings. The van der Waals surface area contributed by atoms with Crippen LogP contribution in [0.4, 0.5) is 11.6 Å². The molecule has 5 heteroatoms. The number of nitrogens with zero attached hydrogens (tertiary/aromatic N) is 2. The van der Waals surface area contributed by atoms with E-state index in [2.05, 4.69) is 27.5 Å². The van der Waals surface area contributed by atoms with E-state index in [9.17, 15) is 0 Å². The molecule has 0 aliphatic rings. The van der Waals surface area contributed by atoms with Crippen molar-refractivity contribution in [2.24, 2.45) is 0 Å². The van der Waals surface area contributed by atoms with Crippen molar-refractivity contribution in [3.05, 3.63) is 36.5 Å². The Morgan fingerprint density at radius 2 is 2.17 bits per heavy atom. The zero-order valence-corrected chi connectivity index (χ0v) is 10.7. The maximum absolute atomic E-state index is 5.34. The Labute approximate surface area is 107 Å². The lowest BCUT2D eigenvalue weighted by atomic mass is 10.2. The van der Waals surface area contributed by atoms with Crippen molar-refractivity contribution in [2.45, 2.75) is 26.3 Å². The Morgan fingerprint density at radius 3 is 2.89 bits per heavy atom. The summed E-state index contributed by atoms with van der Waals surface area (Å²) in [5, 5.41) is 6.50. The molecule has 2 rings (SSSR count). The standard InChI is InChI=1S/C13H18N4O/c1-3-6-14-12-8-13(16-9-15-12)17-10(2)11-5-4-7-18-11/h4-5,7-10H,3,6H2,1-2H3,(H2,14,15,16,17). The van der Waals surface area contributed by atoms with Gasteiger partial charge in [0.15, 0.2) is 0 Å². The molecule has 2 N–H and O–H groups in total. The van der Waals surface area contributed by atoms with Gasteiger partial charge in [-0.2, -0.15) is 0 Å². The molecule has 0 aromatic carbocycles. The highest BCUT2D eigenvalue weighted by Gasteiger charge is 2.08. The third kappa shape index (κ3) is 3.23. The van der Waals surface area contributed by atoms with Crippen LogP contribution in [0.2, 0.25) is 0 Å². The predicted octanol–water partition coefficient (Wildman–Crippen LogP) is 3.06. The predicted molar refractivity (Wildman–Crippen MR) is 71.6 cm³/mol. The highest BCUT2D eigenvalue weighted by molar-refractivity contribution is 5.47. The largest absolute Gasteiger partial charge is 0.467 e. The summed E-state index contributed by atoms with van der Waals surface area (Å²) in [4.78, 5) is 8.35. The summed E-state index contributed by atoms with van der Waals surface area (Å²) in [5.41, 5.74) is 0. The van der Waals surface area contributed by atoms with Crippen LogP contribution < -0.4 is 10.6 Å². The monoisotopic (exact) mass is 246 g/mol. The molecule has 0 saturated heterocycles. The number of aromatic nitrogens is 2. The summed E-state index contributed by atoms with van der Waals surface area (Å²) >= 11 is 0. The number of hydrogen-bond donors (Lipinski definition) is 2. The molecule has 0 spiro atoms. The highest BCUT2D eigenvalue weighted by atomic mass is 16.3. The molecule has 2 aromatic rings. The van der Waals surface area contributed by atoms with Gasteiger partial charge < -0.3 is 15.1 Å². The second-order valence-corrected chi connectivity index (χ2v) is 4.10. The van der Waals surface area contributed by atoms with Crippen LogP contribution in [-0.4, -0.2) is 16.5 Å². The summed E-state index contributed by atoms with van der Waals surface area (Å²) in [6, 6.07) is 5.79. The van der Waals surface area contributed by atoms with Crippen LogP contribution in [-0.2, 0) is 0 Å². The summed E-state index contributed by atoms with van der Waals surface area (Å²) in [6.07, 6.45) is 4.28. The minimum absolute atomic E-state index is 0.0777. The van der Waals surface area contributed by atoms with E-state index in [0.29, 0.717) is 0 Å². The number of anilines is 2. The van der Waals surface area contributed by atoms with E-state index in [1.54, 1.807) is 12.6 Å². The first-order chi connectivity index (χ1) is 8.79. The van der Waals surface area contributed by atoms with Crippen LogP contribution in [0.5, 0.6) is 0 Å². The third-order valence-corrected chi connectivity index (χ3v) is 2.56. The molecule has 0 amide bonds. The smallest absolute Gasteiger partial charge is 0.132 e. The fraction of sp³-hybridized carbons (Fsp3) is 0.385. The molecule has 18 heavy (non-hydrogen) atoms. The zero-order valence-electron chi connectivity index (χ0n) is 10.7. The normalized spacial score (nSPS) is 12.1. The van der Waals surface area contributed by atoms with Crippen LogP contribution in [0.3, 0.4) is 0 Å². The molecule has 1 unspecified atom stereocenters. The van der Waals surface area contributed by atoms with Gasteiger partial charge in [0, 0.05) is 12.6 Å². The van der Waals surface area contributed by atoms with Crippen molar-refractivity contribution in [3.8, 4) is 0 Å². The first-order valence-electron chi connectivity index (χ1n) is 6.15. The van der Waals surface area contributed by atoms with Gasteiger partial charge in [0.25, 0.3) is 0 Å². The van der Waals surface area contributed by atoms with Crippen LogP contribution in [0.15, 0.2) is 35.2 Å². The molecular formula is C13H18N4O. The molecule has 0 bridgehead atoms. The van der Waals surface area contributed by atoms with Crippen molar-refractivity contribution >= 4 is 11.6 Å². The lowest BCUT2D eigenvalue weighted by Gasteiger charge is -2.12. The number of nitrogens with one attached hydrogen (secondary N) is 2. The first-order valence-corrected chi connectivity index (χ1v) is 6.15. The number of rotatable bonds is 6. The second kappa shape index (κ2) is 6.05. The fourth-order valence-corrected chi connectivity index (χ4v) is 1.62. The summed E-state index contributed by atoms with van der Waals surface area (Å²) in [7, 11) is 0. The Balaban J connectivity index is 2.00. The Kier molecular flexibility index (Phi) is 4.17. The van der Waals surface area contributed by atoms with Gasteiger partial charge >= 0.3 is 0 Å². The molecule has 2 aromatic heterocycles. The van der Waals surface area contributed by atoms with Gasteiger partial charge in [-0.1, -0.05) is 6.92 Å². The van der Waals surface area contributed by atoms with Crippen molar-refractivity contribution in [3.63, 3.8) is 0 Å². The van der Waals surface area contributed by atoms with Crippen molar-refractivity contribution < 1.29 is 4.42 Å². The van der Waals surface area contributed by atoms with E-state index >= 15 is 0 Å². The average Bonchev–Trinajstić information content (AvgIpc) is 2.91. The van der Waals surface area contributed by atoms with Crippen LogP contribution in [0, 0.1) is 0 Å². The molecule has 1 atom stereocenters. The molecule has 0 aliphatic heterocycles. The Hall–Kier alpha value is -2.04. The summed E-state index contributed by atoms with van der Waals surface area (Å²) in [6.45, 7) is 5.05. The second-order valence-electron chi connectivity index (χ2n) is 4.10. The first kappa shape index (κ1) is 12.4. The Bertz CT molecular complexity index is 470. The van der Waals surface area contributed by atoms with Gasteiger partial charge in [0.05, 0.1) is 12.3 Å². The van der Waals surface area contributed by atoms with Crippen molar-refractivity contribution in [1.82, 2.24) is 9.97 Å². The summed E-state index contributed by atoms with van der Waals surface area (Å²) < 4.78 is 5.34. The van der Waals surface area contributed by atoms with Gasteiger partial charge in [0.1, 0.15) is 23.7 Å². The van der Waals surface area contributed by atoms with E-state index in [1.165, 1.54) is 0 Å². The lowest BCUT2D eigenvalue weighted by molar-refractivity contribution is 0.490. The van der Waals surface area contributed by atoms with Crippen molar-refractivity contribution in [1.29, 1.82) is 0 Å². The minimum atomic E-state index is 0.0777. The molecule has 0 saturated carbocycles. The molecule has 2 heterocycles. The van der Waals surface area contributed by atoms with Gasteiger partial charge in [-0.05, 0) is 25.5 Å². The lowest BCUT2D eigenvalue weighted by Crippen LogP contribution is -2.08. The van der Waals surface area contributed by atoms with Crippen LogP contribution >= 0.6 is 0 Å². The van der Waals surface area contributed by atoms with E-state index in [0.717, 1.165) is 30.4 Å². The van der Waals surface area contributed by atoms with E-state index in [1.807, 2.05) is 25.1 Å². The SMILES string of the molecule is CCCNc1cc(NC(C)c2ccco2)ncn1. The van der Waals surface area contributed by atoms with Crippen LogP contribution in [0.1, 0.15) is 32.1 Å². The maximum atomic E-state index is 5.34. The number of hydrogen-bond acceptors (Lipinski definition) is 5. The van der Waals surface area contributed by atoms with Crippen molar-refractivity contribution in [2.75, 3.05) is 17.2 Å². The molecule has 5 nitrogen and oxygen atoms in total. The fourth-order valence-electron chi connectivity index (χ4n) is 1.62. The Morgan fingerprint density at radius 1 is 1.33 bits per heavy atom. The van der Waals surface area contributed by atoms with E-state index < -0.39 is 0 Å². The molecule has 0 radical (unpaired) electrons. The minimum Gasteiger partial charge on any atom is -0.467 e. The van der Waals surface area contributed by atoms with Gasteiger partial charge in [-0.15, -0.1) is 0 Å². The third-order valence-electron chi connectivity index (χ3n) is 2.56. The molecular weight excluding hydrogens is 228 g/mol. The van der Waals surface area contributed by atoms with Gasteiger partial charge in [-0.25, -0.2) is 9.97 Å². The average molecular weight is 246 g/mol. The van der Waals surface area contributed by atoms with E-state index in [-0.39, 0.29) is 6.04 Å². The summed E-state index contributed by atoms with van der Waals surface area (Å²) in [5.74, 6) is 2.50. The maximum Gasteiger partial charge on any atom is 0.132 e. The topological polar surface area (TPSA) is 63.0 Å². The number of furan rings is 1.